The maximum absolute atomic E-state index is 12.6. The quantitative estimate of drug-likeness (QED) is 0.262. The number of rotatable bonds is 8. The number of thiol groups is 1. The van der Waals surface area contributed by atoms with Crippen LogP contribution >= 0.6 is 11.8 Å². The lowest BCUT2D eigenvalue weighted by molar-refractivity contribution is -0.0328. The van der Waals surface area contributed by atoms with Crippen molar-refractivity contribution in [2.24, 2.45) is 10.9 Å². The van der Waals surface area contributed by atoms with Crippen LogP contribution in [0, 0.1) is 11.3 Å². The van der Waals surface area contributed by atoms with Crippen molar-refractivity contribution < 1.29 is 25.8 Å². The lowest BCUT2D eigenvalue weighted by atomic mass is 10.1. The summed E-state index contributed by atoms with van der Waals surface area (Å²) in [4.78, 5) is 4.17. The van der Waals surface area contributed by atoms with E-state index in [0.29, 0.717) is 17.2 Å². The number of nitrogens with one attached hydrogen (secondary N) is 3. The van der Waals surface area contributed by atoms with Gasteiger partial charge in [-0.15, -0.1) is 0 Å². The molecule has 1 saturated carbocycles. The summed E-state index contributed by atoms with van der Waals surface area (Å²) in [7, 11) is -2.84. The van der Waals surface area contributed by atoms with E-state index in [4.69, 9.17) is 5.41 Å². The number of nitrogens with zero attached hydrogens (tertiary/aromatic N) is 1. The molecule has 0 aromatic heterocycles. The van der Waals surface area contributed by atoms with Gasteiger partial charge in [-0.05, 0) is 55.2 Å². The Labute approximate surface area is 183 Å². The van der Waals surface area contributed by atoms with E-state index in [1.165, 1.54) is 24.3 Å². The highest BCUT2D eigenvalue weighted by Gasteiger charge is 2.29. The van der Waals surface area contributed by atoms with Crippen LogP contribution in [0.2, 0.25) is 0 Å². The second-order valence-electron chi connectivity index (χ2n) is 7.04. The number of hydrogen-bond donors (Lipinski definition) is 4. The Morgan fingerprint density at radius 3 is 2.94 bits per heavy atom. The van der Waals surface area contributed by atoms with E-state index in [1.54, 1.807) is 18.4 Å². The first-order valence-electron chi connectivity index (χ1n) is 9.39. The first-order chi connectivity index (χ1) is 14.7. The monoisotopic (exact) mass is 474 g/mol. The number of halogens is 3. The molecule has 3 N–H and O–H groups in total. The topological polar surface area (TPSA) is 104 Å². The second-order valence-corrected chi connectivity index (χ2v) is 8.89. The number of aliphatic imine (C=N–C) groups is 1. The van der Waals surface area contributed by atoms with E-state index < -0.39 is 16.5 Å². The number of alkyl halides is 3. The smallest absolute Gasteiger partial charge is 0.369 e. The van der Waals surface area contributed by atoms with Crippen LogP contribution < -0.4 is 10.6 Å². The number of benzene rings is 1. The summed E-state index contributed by atoms with van der Waals surface area (Å²) < 4.78 is 63.5. The van der Waals surface area contributed by atoms with Crippen molar-refractivity contribution in [1.82, 2.24) is 10.6 Å². The average Bonchev–Trinajstić information content (AvgIpc) is 3.13. The Morgan fingerprint density at radius 2 is 2.19 bits per heavy atom. The van der Waals surface area contributed by atoms with Crippen LogP contribution in [0.25, 0.3) is 0 Å². The van der Waals surface area contributed by atoms with Gasteiger partial charge in [-0.1, -0.05) is 12.1 Å². The van der Waals surface area contributed by atoms with Gasteiger partial charge in [0, 0.05) is 28.8 Å². The number of allylic oxidation sites excluding steroid dienone is 2. The highest BCUT2D eigenvalue weighted by atomic mass is 32.2. The summed E-state index contributed by atoms with van der Waals surface area (Å²) in [6.07, 6.45) is 7.21. The first-order valence-corrected chi connectivity index (χ1v) is 11.3. The predicted molar refractivity (Wildman–Crippen MR) is 114 cm³/mol. The van der Waals surface area contributed by atoms with Crippen LogP contribution in [0.5, 0.6) is 0 Å². The Morgan fingerprint density at radius 1 is 1.39 bits per heavy atom. The molecule has 12 heteroatoms. The standard InChI is InChI=1S/C19H21F3N4O3S2/c20-19(21,22)30-15-3-1-2-13(9-15)16(23)10-18-24-7-6-17(26-18)25-14-5-4-12(8-14)11-29-31(27)28/h1-3,6-7,9-10,12,14,23,25-26,31H,4-5,8,11H2/b18-10-,23-16?/t12-,14+/m1/s1. The summed E-state index contributed by atoms with van der Waals surface area (Å²) in [6.45, 7) is 0.179. The molecule has 0 spiro atoms. The summed E-state index contributed by atoms with van der Waals surface area (Å²) >= 11 is -0.223. The third-order valence-corrected chi connectivity index (χ3v) is 5.77. The van der Waals surface area contributed by atoms with Gasteiger partial charge in [0.2, 0.25) is 0 Å². The van der Waals surface area contributed by atoms with E-state index in [9.17, 15) is 21.6 Å². The molecule has 2 atom stereocenters. The molecule has 0 saturated heterocycles. The maximum atomic E-state index is 12.6. The van der Waals surface area contributed by atoms with Gasteiger partial charge in [0.05, 0.1) is 12.3 Å². The highest BCUT2D eigenvalue weighted by molar-refractivity contribution is 8.00. The molecule has 1 aromatic rings. The molecule has 7 nitrogen and oxygen atoms in total. The fourth-order valence-corrected chi connectivity index (χ4v) is 4.32. The number of thioether (sulfide) groups is 1. The Bertz CT molecular complexity index is 982. The largest absolute Gasteiger partial charge is 0.446 e. The minimum Gasteiger partial charge on any atom is -0.369 e. The molecule has 1 aliphatic carbocycles. The molecule has 1 aromatic carbocycles. The molecule has 1 heterocycles. The summed E-state index contributed by atoms with van der Waals surface area (Å²) in [5, 5.41) is 14.6. The zero-order valence-corrected chi connectivity index (χ0v) is 17.9. The fraction of sp³-hybridized carbons (Fsp3) is 0.368. The molecule has 3 rings (SSSR count). The van der Waals surface area contributed by atoms with E-state index in [1.807, 2.05) is 0 Å². The molecule has 1 aliphatic heterocycles. The molecule has 0 bridgehead atoms. The van der Waals surface area contributed by atoms with Crippen molar-refractivity contribution in [3.8, 4) is 0 Å². The van der Waals surface area contributed by atoms with Gasteiger partial charge in [0.15, 0.2) is 0 Å². The molecule has 0 amide bonds. The van der Waals surface area contributed by atoms with Crippen molar-refractivity contribution in [2.45, 2.75) is 35.7 Å². The molecule has 0 unspecified atom stereocenters. The van der Waals surface area contributed by atoms with Crippen LogP contribution in [0.15, 0.2) is 57.9 Å². The zero-order chi connectivity index (χ0) is 22.4. The van der Waals surface area contributed by atoms with Crippen LogP contribution in [0.1, 0.15) is 24.8 Å². The van der Waals surface area contributed by atoms with Gasteiger partial charge in [-0.25, -0.2) is 13.4 Å². The molecule has 1 fully saturated rings. The molecular weight excluding hydrogens is 453 g/mol. The van der Waals surface area contributed by atoms with E-state index in [-0.39, 0.29) is 40.9 Å². The van der Waals surface area contributed by atoms with E-state index in [2.05, 4.69) is 19.8 Å². The minimum absolute atomic E-state index is 0.0109. The average molecular weight is 475 g/mol. The van der Waals surface area contributed by atoms with Gasteiger partial charge in [-0.2, -0.15) is 13.2 Å². The summed E-state index contributed by atoms with van der Waals surface area (Å²) in [5.41, 5.74) is -4.02. The van der Waals surface area contributed by atoms with Gasteiger partial charge >= 0.3 is 5.51 Å². The lowest BCUT2D eigenvalue weighted by Crippen LogP contribution is -2.34. The SMILES string of the molecule is N=C(/C=C1/N=CC=C(N[C@H]2CC[C@@H](CO[SH](=O)=O)C2)N1)c1cccc(SC(F)(F)F)c1. The molecule has 168 valence electrons. The second kappa shape index (κ2) is 10.3. The molecular formula is C19H21F3N4O3S2. The van der Waals surface area contributed by atoms with Crippen LogP contribution in [-0.4, -0.2) is 38.5 Å². The van der Waals surface area contributed by atoms with E-state index >= 15 is 0 Å². The fourth-order valence-electron chi connectivity index (χ4n) is 3.39. The van der Waals surface area contributed by atoms with Gasteiger partial charge in [0.25, 0.3) is 11.0 Å². The van der Waals surface area contributed by atoms with Crippen molar-refractivity contribution in [3.05, 3.63) is 53.6 Å². The zero-order valence-electron chi connectivity index (χ0n) is 16.2. The molecule has 0 radical (unpaired) electrons. The van der Waals surface area contributed by atoms with Crippen molar-refractivity contribution in [1.29, 1.82) is 5.41 Å². The predicted octanol–water partition coefficient (Wildman–Crippen LogP) is 3.32. The van der Waals surface area contributed by atoms with Gasteiger partial charge in [-0.3, -0.25) is 4.18 Å². The van der Waals surface area contributed by atoms with Gasteiger partial charge < -0.3 is 16.0 Å². The highest BCUT2D eigenvalue weighted by Crippen LogP contribution is 2.37. The first kappa shape index (κ1) is 23.4. The Hall–Kier alpha value is -2.31. The lowest BCUT2D eigenvalue weighted by Gasteiger charge is -2.20. The van der Waals surface area contributed by atoms with Crippen LogP contribution in [-0.2, 0) is 15.2 Å². The molecule has 2 aliphatic rings. The maximum Gasteiger partial charge on any atom is 0.446 e. The van der Waals surface area contributed by atoms with Crippen LogP contribution in [0.3, 0.4) is 0 Å². The van der Waals surface area contributed by atoms with Crippen molar-refractivity contribution >= 4 is 34.7 Å². The normalized spacial score (nSPS) is 22.5. The van der Waals surface area contributed by atoms with Crippen molar-refractivity contribution in [2.75, 3.05) is 6.61 Å². The minimum atomic E-state index is -4.39. The third-order valence-electron chi connectivity index (χ3n) is 4.69. The molecule has 31 heavy (non-hydrogen) atoms. The van der Waals surface area contributed by atoms with Crippen LogP contribution in [0.4, 0.5) is 13.2 Å². The van der Waals surface area contributed by atoms with E-state index in [0.717, 1.165) is 19.3 Å². The third kappa shape index (κ3) is 7.71. The summed E-state index contributed by atoms with van der Waals surface area (Å²) in [6, 6.07) is 5.84. The van der Waals surface area contributed by atoms with Crippen molar-refractivity contribution in [3.63, 3.8) is 0 Å². The Kier molecular flexibility index (Phi) is 7.79. The van der Waals surface area contributed by atoms with Gasteiger partial charge in [0.1, 0.15) is 11.6 Å². The Balaban J connectivity index is 1.57. The summed E-state index contributed by atoms with van der Waals surface area (Å²) in [5.74, 6) is 1.22. The number of hydrogen-bond acceptors (Lipinski definition) is 8.